The smallest absolute Gasteiger partial charge is 0.259 e. The van der Waals surface area contributed by atoms with Crippen LogP contribution in [-0.2, 0) is 0 Å². The van der Waals surface area contributed by atoms with E-state index in [-0.39, 0.29) is 5.56 Å². The minimum atomic E-state index is -0.239. The van der Waals surface area contributed by atoms with Gasteiger partial charge < -0.3 is 15.0 Å². The molecule has 1 aliphatic carbocycles. The lowest BCUT2D eigenvalue weighted by molar-refractivity contribution is 0.418. The predicted molar refractivity (Wildman–Crippen MR) is 122 cm³/mol. The molecule has 8 heteroatoms. The maximum atomic E-state index is 12.5. The summed E-state index contributed by atoms with van der Waals surface area (Å²) in [5.41, 5.74) is 3.48. The van der Waals surface area contributed by atoms with Crippen molar-refractivity contribution >= 4 is 33.9 Å². The van der Waals surface area contributed by atoms with Crippen LogP contribution in [0.1, 0.15) is 31.7 Å². The number of ether oxygens (including phenoxy) is 1. The largest absolute Gasteiger partial charge is 0.494 e. The maximum Gasteiger partial charge on any atom is 0.259 e. The molecule has 0 aliphatic heterocycles. The summed E-state index contributed by atoms with van der Waals surface area (Å²) in [7, 11) is 1.63. The highest BCUT2D eigenvalue weighted by atomic mass is 35.5. The van der Waals surface area contributed by atoms with E-state index in [0.29, 0.717) is 33.5 Å². The van der Waals surface area contributed by atoms with Crippen LogP contribution in [0.2, 0.25) is 5.15 Å². The molecule has 0 spiro atoms. The summed E-state index contributed by atoms with van der Waals surface area (Å²) in [4.78, 5) is 19.4. The molecule has 31 heavy (non-hydrogen) atoms. The Hall–Kier alpha value is -3.32. The van der Waals surface area contributed by atoms with Gasteiger partial charge in [0.2, 0.25) is 0 Å². The van der Waals surface area contributed by atoms with Gasteiger partial charge in [-0.2, -0.15) is 5.10 Å². The third-order valence-electron chi connectivity index (χ3n) is 5.80. The second-order valence-electron chi connectivity index (χ2n) is 7.72. The Morgan fingerprint density at radius 2 is 2.06 bits per heavy atom. The van der Waals surface area contributed by atoms with Crippen LogP contribution in [0.25, 0.3) is 22.0 Å². The minimum absolute atomic E-state index is 0.239. The van der Waals surface area contributed by atoms with Crippen LogP contribution < -0.4 is 15.6 Å². The van der Waals surface area contributed by atoms with E-state index in [1.807, 2.05) is 24.4 Å². The number of benzene rings is 1. The molecule has 7 nitrogen and oxygen atoms in total. The Bertz CT molecular complexity index is 1310. The first-order valence-corrected chi connectivity index (χ1v) is 10.7. The van der Waals surface area contributed by atoms with Crippen molar-refractivity contribution in [1.82, 2.24) is 19.7 Å². The van der Waals surface area contributed by atoms with E-state index in [4.69, 9.17) is 16.3 Å². The van der Waals surface area contributed by atoms with Crippen LogP contribution in [0, 0.1) is 0 Å². The van der Waals surface area contributed by atoms with Crippen molar-refractivity contribution in [2.45, 2.75) is 31.7 Å². The van der Waals surface area contributed by atoms with Crippen LogP contribution in [0.15, 0.2) is 53.7 Å². The third-order valence-corrected chi connectivity index (χ3v) is 5.99. The Morgan fingerprint density at radius 3 is 2.87 bits per heavy atom. The highest BCUT2D eigenvalue weighted by Crippen LogP contribution is 2.39. The van der Waals surface area contributed by atoms with Gasteiger partial charge in [-0.25, -0.2) is 4.98 Å². The highest BCUT2D eigenvalue weighted by molar-refractivity contribution is 6.30. The number of para-hydroxylation sites is 1. The number of nitrogens with zero attached hydrogens (tertiary/aromatic N) is 3. The summed E-state index contributed by atoms with van der Waals surface area (Å²) >= 11 is 6.20. The number of nitrogens with one attached hydrogen (secondary N) is 2. The number of rotatable bonds is 5. The molecular weight excluding hydrogens is 414 g/mol. The Labute approximate surface area is 184 Å². The lowest BCUT2D eigenvalue weighted by atomic mass is 10.1. The molecule has 1 aromatic carbocycles. The van der Waals surface area contributed by atoms with Crippen molar-refractivity contribution in [3.63, 3.8) is 0 Å². The van der Waals surface area contributed by atoms with E-state index in [2.05, 4.69) is 31.3 Å². The zero-order chi connectivity index (χ0) is 21.4. The van der Waals surface area contributed by atoms with Gasteiger partial charge >= 0.3 is 0 Å². The molecule has 0 atom stereocenters. The van der Waals surface area contributed by atoms with Gasteiger partial charge in [0.05, 0.1) is 41.6 Å². The predicted octanol–water partition coefficient (Wildman–Crippen LogP) is 5.31. The van der Waals surface area contributed by atoms with Crippen molar-refractivity contribution in [1.29, 1.82) is 0 Å². The van der Waals surface area contributed by atoms with E-state index in [9.17, 15) is 4.79 Å². The van der Waals surface area contributed by atoms with E-state index >= 15 is 0 Å². The summed E-state index contributed by atoms with van der Waals surface area (Å²) in [6.45, 7) is 0. The highest BCUT2D eigenvalue weighted by Gasteiger charge is 2.20. The number of aromatic amines is 1. The van der Waals surface area contributed by atoms with Gasteiger partial charge in [0.15, 0.2) is 0 Å². The summed E-state index contributed by atoms with van der Waals surface area (Å²) in [5.74, 6) is 0.668. The molecule has 0 bridgehead atoms. The van der Waals surface area contributed by atoms with Crippen molar-refractivity contribution in [2.24, 2.45) is 0 Å². The van der Waals surface area contributed by atoms with E-state index in [0.717, 1.165) is 16.8 Å². The van der Waals surface area contributed by atoms with Crippen molar-refractivity contribution in [3.8, 4) is 16.9 Å². The van der Waals surface area contributed by atoms with Gasteiger partial charge in [0.25, 0.3) is 5.56 Å². The molecule has 3 aromatic heterocycles. The number of methoxy groups -OCH3 is 1. The average molecular weight is 436 g/mol. The molecule has 0 radical (unpaired) electrons. The quantitative estimate of drug-likeness (QED) is 0.415. The average Bonchev–Trinajstić information content (AvgIpc) is 3.45. The molecule has 0 amide bonds. The topological polar surface area (TPSA) is 84.8 Å². The van der Waals surface area contributed by atoms with Gasteiger partial charge in [-0.3, -0.25) is 9.48 Å². The fourth-order valence-corrected chi connectivity index (χ4v) is 4.53. The normalized spacial score (nSPS) is 14.3. The second-order valence-corrected chi connectivity index (χ2v) is 8.11. The summed E-state index contributed by atoms with van der Waals surface area (Å²) in [6, 6.07) is 9.69. The Morgan fingerprint density at radius 1 is 1.23 bits per heavy atom. The molecule has 2 N–H and O–H groups in total. The van der Waals surface area contributed by atoms with Crippen molar-refractivity contribution < 1.29 is 4.74 Å². The van der Waals surface area contributed by atoms with Gasteiger partial charge in [-0.1, -0.05) is 36.6 Å². The molecular formula is C23H22ClN5O2. The standard InChI is InChI=1S/C23H22ClN5O2/c1-31-22-16(14-12-26-29(13-14)15-5-2-3-6-15)7-4-8-18(22)27-19-11-20(24)28-17-9-10-25-23(30)21(17)19/h4,7-13,15H,2-3,5-6H2,1H3,(H,25,30)(H,27,28). The lowest BCUT2D eigenvalue weighted by Gasteiger charge is -2.16. The second kappa shape index (κ2) is 8.07. The zero-order valence-corrected chi connectivity index (χ0v) is 17.8. The molecule has 1 aliphatic rings. The molecule has 1 fully saturated rings. The summed E-state index contributed by atoms with van der Waals surface area (Å²) < 4.78 is 7.84. The SMILES string of the molecule is COc1c(Nc2cc(Cl)nc3cc[nH]c(=O)c23)cccc1-c1cnn(C2CCCC2)c1. The fraction of sp³-hybridized carbons (Fsp3) is 0.261. The van der Waals surface area contributed by atoms with Gasteiger partial charge in [-0.15, -0.1) is 0 Å². The van der Waals surface area contributed by atoms with E-state index < -0.39 is 0 Å². The van der Waals surface area contributed by atoms with E-state index in [1.54, 1.807) is 25.4 Å². The molecule has 3 heterocycles. The van der Waals surface area contributed by atoms with E-state index in [1.165, 1.54) is 25.7 Å². The van der Waals surface area contributed by atoms with Gasteiger partial charge in [0, 0.05) is 23.5 Å². The number of pyridine rings is 2. The first-order valence-electron chi connectivity index (χ1n) is 10.3. The third kappa shape index (κ3) is 3.65. The van der Waals surface area contributed by atoms with Crippen molar-refractivity contribution in [2.75, 3.05) is 12.4 Å². The molecule has 1 saturated carbocycles. The molecule has 0 unspecified atom stereocenters. The van der Waals surface area contributed by atoms with Gasteiger partial charge in [-0.05, 0) is 31.0 Å². The summed E-state index contributed by atoms with van der Waals surface area (Å²) in [5, 5.41) is 8.66. The van der Waals surface area contributed by atoms with Crippen LogP contribution in [0.3, 0.4) is 0 Å². The fourth-order valence-electron chi connectivity index (χ4n) is 4.33. The Kier molecular flexibility index (Phi) is 5.11. The Balaban J connectivity index is 1.56. The number of hydrogen-bond acceptors (Lipinski definition) is 5. The van der Waals surface area contributed by atoms with Gasteiger partial charge in [0.1, 0.15) is 10.9 Å². The number of anilines is 2. The van der Waals surface area contributed by atoms with Crippen LogP contribution >= 0.6 is 11.6 Å². The lowest BCUT2D eigenvalue weighted by Crippen LogP contribution is -2.08. The number of fused-ring (bicyclic) bond motifs is 1. The number of hydrogen-bond donors (Lipinski definition) is 2. The van der Waals surface area contributed by atoms with Crippen molar-refractivity contribution in [3.05, 3.63) is 64.4 Å². The van der Waals surface area contributed by atoms with Crippen LogP contribution in [-0.4, -0.2) is 26.9 Å². The number of H-pyrrole nitrogens is 1. The molecule has 158 valence electrons. The maximum absolute atomic E-state index is 12.5. The molecule has 5 rings (SSSR count). The number of halogens is 1. The first kappa shape index (κ1) is 19.6. The number of aromatic nitrogens is 4. The molecule has 4 aromatic rings. The molecule has 0 saturated heterocycles. The zero-order valence-electron chi connectivity index (χ0n) is 17.1. The minimum Gasteiger partial charge on any atom is -0.494 e. The summed E-state index contributed by atoms with van der Waals surface area (Å²) in [6.07, 6.45) is 10.4. The van der Waals surface area contributed by atoms with Crippen LogP contribution in [0.5, 0.6) is 5.75 Å². The van der Waals surface area contributed by atoms with Crippen LogP contribution in [0.4, 0.5) is 11.4 Å². The first-order chi connectivity index (χ1) is 15.1. The monoisotopic (exact) mass is 435 g/mol.